The fourth-order valence-electron chi connectivity index (χ4n) is 2.06. The molecule has 5 heteroatoms. The van der Waals surface area contributed by atoms with Crippen LogP contribution in [0.4, 0.5) is 0 Å². The van der Waals surface area contributed by atoms with Gasteiger partial charge in [0.05, 0.1) is 23.7 Å². The van der Waals surface area contributed by atoms with E-state index in [1.165, 1.54) is 17.3 Å². The SMILES string of the molecule is COc1ccc(C#N)c(Sc2nc3ccc(C)cc3[nH]2)c1. The molecule has 0 atom stereocenters. The molecule has 0 saturated carbocycles. The van der Waals surface area contributed by atoms with Crippen LogP contribution in [-0.2, 0) is 0 Å². The summed E-state index contributed by atoms with van der Waals surface area (Å²) in [6.45, 7) is 2.04. The van der Waals surface area contributed by atoms with Gasteiger partial charge in [0.15, 0.2) is 5.16 Å². The molecule has 3 aromatic rings. The number of hydrogen-bond acceptors (Lipinski definition) is 4. The molecule has 0 spiro atoms. The molecule has 0 aliphatic rings. The second-order valence-electron chi connectivity index (χ2n) is 4.64. The van der Waals surface area contributed by atoms with Gasteiger partial charge in [0, 0.05) is 4.90 Å². The van der Waals surface area contributed by atoms with Crippen molar-refractivity contribution in [3.05, 3.63) is 47.5 Å². The van der Waals surface area contributed by atoms with Crippen molar-refractivity contribution < 1.29 is 4.74 Å². The summed E-state index contributed by atoms with van der Waals surface area (Å²) in [5.74, 6) is 0.725. The number of methoxy groups -OCH3 is 1. The highest BCUT2D eigenvalue weighted by atomic mass is 32.2. The summed E-state index contributed by atoms with van der Waals surface area (Å²) in [6.07, 6.45) is 0. The van der Waals surface area contributed by atoms with Crippen LogP contribution in [0.25, 0.3) is 11.0 Å². The molecule has 0 bridgehead atoms. The van der Waals surface area contributed by atoms with Crippen LogP contribution >= 0.6 is 11.8 Å². The lowest BCUT2D eigenvalue weighted by Crippen LogP contribution is -1.87. The second-order valence-corrected chi connectivity index (χ2v) is 5.67. The Bertz CT molecular complexity index is 848. The van der Waals surface area contributed by atoms with Gasteiger partial charge in [0.2, 0.25) is 0 Å². The normalized spacial score (nSPS) is 10.5. The van der Waals surface area contributed by atoms with Crippen LogP contribution < -0.4 is 4.74 Å². The minimum absolute atomic E-state index is 0.609. The molecular weight excluding hydrogens is 282 g/mol. The van der Waals surface area contributed by atoms with Crippen molar-refractivity contribution in [1.29, 1.82) is 5.26 Å². The molecule has 4 nitrogen and oxygen atoms in total. The van der Waals surface area contributed by atoms with Gasteiger partial charge in [-0.15, -0.1) is 0 Å². The fraction of sp³-hybridized carbons (Fsp3) is 0.125. The highest BCUT2D eigenvalue weighted by Crippen LogP contribution is 2.32. The highest BCUT2D eigenvalue weighted by Gasteiger charge is 2.10. The third kappa shape index (κ3) is 2.71. The highest BCUT2D eigenvalue weighted by molar-refractivity contribution is 7.99. The minimum atomic E-state index is 0.609. The first-order valence-electron chi connectivity index (χ1n) is 6.42. The lowest BCUT2D eigenvalue weighted by molar-refractivity contribution is 0.413. The van der Waals surface area contributed by atoms with Crippen LogP contribution in [0.1, 0.15) is 11.1 Å². The van der Waals surface area contributed by atoms with Crippen molar-refractivity contribution in [1.82, 2.24) is 9.97 Å². The third-order valence-electron chi connectivity index (χ3n) is 3.13. The molecule has 0 aliphatic carbocycles. The smallest absolute Gasteiger partial charge is 0.171 e. The standard InChI is InChI=1S/C16H13N3OS/c1-10-3-6-13-14(7-10)19-16(18-13)21-15-8-12(20-2)5-4-11(15)9-17/h3-8H,1-2H3,(H,18,19). The first kappa shape index (κ1) is 13.5. The molecule has 0 saturated heterocycles. The van der Waals surface area contributed by atoms with Crippen LogP contribution in [-0.4, -0.2) is 17.1 Å². The molecule has 0 fully saturated rings. The van der Waals surface area contributed by atoms with Crippen molar-refractivity contribution in [2.24, 2.45) is 0 Å². The lowest BCUT2D eigenvalue weighted by atomic mass is 10.2. The maximum atomic E-state index is 9.20. The van der Waals surface area contributed by atoms with E-state index in [0.717, 1.165) is 26.8 Å². The Kier molecular flexibility index (Phi) is 3.55. The summed E-state index contributed by atoms with van der Waals surface area (Å²) in [5.41, 5.74) is 3.71. The number of imidazole rings is 1. The molecule has 0 radical (unpaired) electrons. The van der Waals surface area contributed by atoms with Gasteiger partial charge in [-0.1, -0.05) is 17.8 Å². The Morgan fingerprint density at radius 1 is 1.24 bits per heavy atom. The Hall–Kier alpha value is -2.45. The van der Waals surface area contributed by atoms with E-state index < -0.39 is 0 Å². The molecule has 1 aromatic heterocycles. The Balaban J connectivity index is 2.00. The molecule has 104 valence electrons. The first-order chi connectivity index (χ1) is 10.2. The topological polar surface area (TPSA) is 61.7 Å². The van der Waals surface area contributed by atoms with Crippen LogP contribution in [0, 0.1) is 18.3 Å². The summed E-state index contributed by atoms with van der Waals surface area (Å²) in [7, 11) is 1.61. The molecule has 0 amide bonds. The lowest BCUT2D eigenvalue weighted by Gasteiger charge is -2.04. The van der Waals surface area contributed by atoms with Gasteiger partial charge in [-0.25, -0.2) is 4.98 Å². The van der Waals surface area contributed by atoms with Crippen LogP contribution in [0.2, 0.25) is 0 Å². The number of hydrogen-bond donors (Lipinski definition) is 1. The fourth-order valence-corrected chi connectivity index (χ4v) is 2.97. The number of nitrogens with zero attached hydrogens (tertiary/aromatic N) is 2. The number of aryl methyl sites for hydroxylation is 1. The Labute approximate surface area is 126 Å². The second kappa shape index (κ2) is 5.51. The number of nitriles is 1. The Morgan fingerprint density at radius 2 is 2.10 bits per heavy atom. The quantitative estimate of drug-likeness (QED) is 0.796. The van der Waals surface area contributed by atoms with Gasteiger partial charge in [-0.2, -0.15) is 5.26 Å². The van der Waals surface area contributed by atoms with Crippen molar-refractivity contribution in [3.8, 4) is 11.8 Å². The number of H-pyrrole nitrogens is 1. The molecule has 0 aliphatic heterocycles. The average Bonchev–Trinajstić information content (AvgIpc) is 2.88. The number of nitrogens with one attached hydrogen (secondary N) is 1. The van der Waals surface area contributed by atoms with E-state index in [0.29, 0.717) is 5.56 Å². The minimum Gasteiger partial charge on any atom is -0.497 e. The van der Waals surface area contributed by atoms with Crippen molar-refractivity contribution in [3.63, 3.8) is 0 Å². The van der Waals surface area contributed by atoms with Crippen molar-refractivity contribution >= 4 is 22.8 Å². The Morgan fingerprint density at radius 3 is 2.86 bits per heavy atom. The molecular formula is C16H13N3OS. The van der Waals surface area contributed by atoms with Gasteiger partial charge in [-0.05, 0) is 42.8 Å². The number of benzene rings is 2. The molecule has 21 heavy (non-hydrogen) atoms. The molecule has 3 rings (SSSR count). The number of ether oxygens (including phenoxy) is 1. The summed E-state index contributed by atoms with van der Waals surface area (Å²) in [6, 6.07) is 13.7. The van der Waals surface area contributed by atoms with E-state index in [-0.39, 0.29) is 0 Å². The van der Waals surface area contributed by atoms with Gasteiger partial charge >= 0.3 is 0 Å². The zero-order valence-corrected chi connectivity index (χ0v) is 12.5. The number of aromatic amines is 1. The first-order valence-corrected chi connectivity index (χ1v) is 7.23. The van der Waals surface area contributed by atoms with E-state index >= 15 is 0 Å². The maximum absolute atomic E-state index is 9.20. The van der Waals surface area contributed by atoms with E-state index in [1.54, 1.807) is 19.2 Å². The predicted molar refractivity (Wildman–Crippen MR) is 82.7 cm³/mol. The van der Waals surface area contributed by atoms with E-state index in [2.05, 4.69) is 22.1 Å². The predicted octanol–water partition coefficient (Wildman–Crippen LogP) is 3.90. The van der Waals surface area contributed by atoms with Crippen molar-refractivity contribution in [2.75, 3.05) is 7.11 Å². The average molecular weight is 295 g/mol. The summed E-state index contributed by atoms with van der Waals surface area (Å²) < 4.78 is 5.21. The van der Waals surface area contributed by atoms with Gasteiger partial charge in [0.25, 0.3) is 0 Å². The maximum Gasteiger partial charge on any atom is 0.171 e. The summed E-state index contributed by atoms with van der Waals surface area (Å²) in [4.78, 5) is 8.64. The van der Waals surface area contributed by atoms with E-state index in [1.807, 2.05) is 25.1 Å². The summed E-state index contributed by atoms with van der Waals surface area (Å²) >= 11 is 1.43. The van der Waals surface area contributed by atoms with Gasteiger partial charge < -0.3 is 9.72 Å². The molecule has 1 heterocycles. The number of rotatable bonds is 3. The summed E-state index contributed by atoms with van der Waals surface area (Å²) in [5, 5.41) is 9.97. The van der Waals surface area contributed by atoms with Crippen molar-refractivity contribution in [2.45, 2.75) is 17.0 Å². The zero-order valence-electron chi connectivity index (χ0n) is 11.7. The van der Waals surface area contributed by atoms with Crippen LogP contribution in [0.5, 0.6) is 5.75 Å². The van der Waals surface area contributed by atoms with Gasteiger partial charge in [0.1, 0.15) is 11.8 Å². The monoisotopic (exact) mass is 295 g/mol. The number of aromatic nitrogens is 2. The van der Waals surface area contributed by atoms with E-state index in [9.17, 15) is 5.26 Å². The largest absolute Gasteiger partial charge is 0.497 e. The molecule has 2 aromatic carbocycles. The zero-order chi connectivity index (χ0) is 14.8. The number of fused-ring (bicyclic) bond motifs is 1. The molecule has 0 unspecified atom stereocenters. The van der Waals surface area contributed by atoms with Crippen LogP contribution in [0.3, 0.4) is 0 Å². The van der Waals surface area contributed by atoms with E-state index in [4.69, 9.17) is 4.74 Å². The third-order valence-corrected chi connectivity index (χ3v) is 4.08. The van der Waals surface area contributed by atoms with Crippen LogP contribution in [0.15, 0.2) is 46.5 Å². The molecule has 1 N–H and O–H groups in total. The van der Waals surface area contributed by atoms with Gasteiger partial charge in [-0.3, -0.25) is 0 Å².